The van der Waals surface area contributed by atoms with Gasteiger partial charge in [-0.25, -0.2) is 21.6 Å². The zero-order valence-corrected chi connectivity index (χ0v) is 16.7. The van der Waals surface area contributed by atoms with Crippen molar-refractivity contribution in [2.24, 2.45) is 0 Å². The molecular formula is C16H27N3O4S2. The number of rotatable bonds is 7. The quantitative estimate of drug-likeness (QED) is 0.707. The SMILES string of the molecule is Cc1ccc(N2CCCCS2(=O)=O)cc1S(=O)(=O)NCCCN(C)C. The molecule has 9 heteroatoms. The monoisotopic (exact) mass is 389 g/mol. The second kappa shape index (κ2) is 8.03. The molecule has 7 nitrogen and oxygen atoms in total. The van der Waals surface area contributed by atoms with Gasteiger partial charge in [-0.2, -0.15) is 0 Å². The van der Waals surface area contributed by atoms with Gasteiger partial charge in [-0.05, 0) is 64.5 Å². The van der Waals surface area contributed by atoms with Crippen LogP contribution >= 0.6 is 0 Å². The number of aryl methyl sites for hydroxylation is 1. The molecule has 25 heavy (non-hydrogen) atoms. The molecule has 1 saturated heterocycles. The summed E-state index contributed by atoms with van der Waals surface area (Å²) in [6.45, 7) is 3.23. The van der Waals surface area contributed by atoms with Crippen LogP contribution in [0.25, 0.3) is 0 Å². The predicted octanol–water partition coefficient (Wildman–Crippen LogP) is 1.16. The topological polar surface area (TPSA) is 86.8 Å². The fourth-order valence-electron chi connectivity index (χ4n) is 2.79. The van der Waals surface area contributed by atoms with Gasteiger partial charge in [-0.15, -0.1) is 0 Å². The lowest BCUT2D eigenvalue weighted by molar-refractivity contribution is 0.400. The Balaban J connectivity index is 2.23. The van der Waals surface area contributed by atoms with Gasteiger partial charge in [0.2, 0.25) is 20.0 Å². The third-order valence-corrected chi connectivity index (χ3v) is 7.65. The van der Waals surface area contributed by atoms with E-state index in [4.69, 9.17) is 0 Å². The number of anilines is 1. The van der Waals surface area contributed by atoms with Crippen LogP contribution in [0, 0.1) is 6.92 Å². The van der Waals surface area contributed by atoms with Crippen LogP contribution in [0.4, 0.5) is 5.69 Å². The molecule has 0 amide bonds. The zero-order chi connectivity index (χ0) is 18.7. The summed E-state index contributed by atoms with van der Waals surface area (Å²) in [4.78, 5) is 2.12. The number of benzene rings is 1. The summed E-state index contributed by atoms with van der Waals surface area (Å²) in [5.74, 6) is 0.103. The minimum Gasteiger partial charge on any atom is -0.309 e. The third kappa shape index (κ3) is 5.16. The van der Waals surface area contributed by atoms with Crippen molar-refractivity contribution in [3.63, 3.8) is 0 Å². The summed E-state index contributed by atoms with van der Waals surface area (Å²) in [5, 5.41) is 0. The third-order valence-electron chi connectivity index (χ3n) is 4.17. The Morgan fingerprint density at radius 2 is 1.96 bits per heavy atom. The van der Waals surface area contributed by atoms with Gasteiger partial charge >= 0.3 is 0 Å². The van der Waals surface area contributed by atoms with E-state index in [1.165, 1.54) is 10.4 Å². The van der Waals surface area contributed by atoms with Crippen molar-refractivity contribution < 1.29 is 16.8 Å². The average molecular weight is 390 g/mol. The van der Waals surface area contributed by atoms with E-state index in [-0.39, 0.29) is 10.6 Å². The molecule has 1 N–H and O–H groups in total. The first-order valence-electron chi connectivity index (χ1n) is 8.39. The number of nitrogens with one attached hydrogen (secondary N) is 1. The summed E-state index contributed by atoms with van der Waals surface area (Å²) in [6, 6.07) is 4.80. The smallest absolute Gasteiger partial charge is 0.240 e. The highest BCUT2D eigenvalue weighted by atomic mass is 32.2. The van der Waals surface area contributed by atoms with E-state index in [9.17, 15) is 16.8 Å². The summed E-state index contributed by atoms with van der Waals surface area (Å²) < 4.78 is 53.6. The van der Waals surface area contributed by atoms with E-state index in [0.29, 0.717) is 37.2 Å². The Bertz CT molecular complexity index is 805. The predicted molar refractivity (Wildman–Crippen MR) is 99.9 cm³/mol. The molecule has 2 rings (SSSR count). The van der Waals surface area contributed by atoms with Crippen molar-refractivity contribution in [3.05, 3.63) is 23.8 Å². The van der Waals surface area contributed by atoms with Crippen molar-refractivity contribution in [1.29, 1.82) is 0 Å². The Kier molecular flexibility index (Phi) is 6.47. The van der Waals surface area contributed by atoms with E-state index in [1.807, 2.05) is 19.0 Å². The highest BCUT2D eigenvalue weighted by Gasteiger charge is 2.27. The maximum Gasteiger partial charge on any atom is 0.240 e. The van der Waals surface area contributed by atoms with Crippen LogP contribution in [0.2, 0.25) is 0 Å². The standard InChI is InChI=1S/C16H27N3O4S2/c1-14-7-8-15(19-11-4-5-12-24(19,20)21)13-16(14)25(22,23)17-9-6-10-18(2)3/h7-8,13,17H,4-6,9-12H2,1-3H3. The number of sulfonamides is 2. The molecule has 1 aliphatic rings. The first-order chi connectivity index (χ1) is 11.6. The van der Waals surface area contributed by atoms with Gasteiger partial charge < -0.3 is 4.90 Å². The van der Waals surface area contributed by atoms with Crippen LogP contribution in [0.15, 0.2) is 23.1 Å². The lowest BCUT2D eigenvalue weighted by atomic mass is 10.2. The molecule has 1 aromatic carbocycles. The maximum atomic E-state index is 12.6. The van der Waals surface area contributed by atoms with Crippen LogP contribution in [-0.2, 0) is 20.0 Å². The Morgan fingerprint density at radius 3 is 2.60 bits per heavy atom. The van der Waals surface area contributed by atoms with Crippen LogP contribution in [-0.4, -0.2) is 61.2 Å². The summed E-state index contributed by atoms with van der Waals surface area (Å²) in [6.07, 6.45) is 2.12. The van der Waals surface area contributed by atoms with Gasteiger partial charge in [0, 0.05) is 13.1 Å². The molecule has 1 aromatic rings. The Hall–Kier alpha value is -1.16. The van der Waals surface area contributed by atoms with Gasteiger partial charge in [-0.1, -0.05) is 6.07 Å². The zero-order valence-electron chi connectivity index (χ0n) is 15.0. The van der Waals surface area contributed by atoms with Crippen LogP contribution < -0.4 is 9.03 Å². The van der Waals surface area contributed by atoms with Crippen molar-refractivity contribution >= 4 is 25.7 Å². The van der Waals surface area contributed by atoms with Crippen LogP contribution in [0.3, 0.4) is 0 Å². The summed E-state index contributed by atoms with van der Waals surface area (Å²) >= 11 is 0. The van der Waals surface area contributed by atoms with Gasteiger partial charge in [0.15, 0.2) is 0 Å². The molecule has 0 saturated carbocycles. The van der Waals surface area contributed by atoms with Crippen LogP contribution in [0.5, 0.6) is 0 Å². The highest BCUT2D eigenvalue weighted by molar-refractivity contribution is 7.92. The number of nitrogens with zero attached hydrogens (tertiary/aromatic N) is 2. The lowest BCUT2D eigenvalue weighted by Gasteiger charge is -2.28. The van der Waals surface area contributed by atoms with Crippen LogP contribution in [0.1, 0.15) is 24.8 Å². The first-order valence-corrected chi connectivity index (χ1v) is 11.5. The summed E-state index contributed by atoms with van der Waals surface area (Å²) in [7, 11) is -3.18. The maximum absolute atomic E-state index is 12.6. The van der Waals surface area contributed by atoms with Gasteiger partial charge in [-0.3, -0.25) is 4.31 Å². The molecule has 1 heterocycles. The average Bonchev–Trinajstić information content (AvgIpc) is 2.52. The number of hydrogen-bond donors (Lipinski definition) is 1. The molecule has 0 aromatic heterocycles. The minimum atomic E-state index is -3.68. The number of hydrogen-bond acceptors (Lipinski definition) is 5. The normalized spacial score (nSPS) is 17.8. The molecule has 1 aliphatic heterocycles. The van der Waals surface area contributed by atoms with Crippen molar-refractivity contribution in [1.82, 2.24) is 9.62 Å². The summed E-state index contributed by atoms with van der Waals surface area (Å²) in [5.41, 5.74) is 1.01. The molecule has 0 aliphatic carbocycles. The van der Waals surface area contributed by atoms with E-state index in [0.717, 1.165) is 13.0 Å². The van der Waals surface area contributed by atoms with Crippen molar-refractivity contribution in [2.45, 2.75) is 31.1 Å². The highest BCUT2D eigenvalue weighted by Crippen LogP contribution is 2.27. The molecule has 142 valence electrons. The molecule has 0 unspecified atom stereocenters. The van der Waals surface area contributed by atoms with E-state index >= 15 is 0 Å². The molecule has 1 fully saturated rings. The fraction of sp³-hybridized carbons (Fsp3) is 0.625. The van der Waals surface area contributed by atoms with Crippen molar-refractivity contribution in [3.8, 4) is 0 Å². The first kappa shape index (κ1) is 20.2. The van der Waals surface area contributed by atoms with Gasteiger partial charge in [0.05, 0.1) is 16.3 Å². The molecule has 0 bridgehead atoms. The van der Waals surface area contributed by atoms with E-state index in [1.54, 1.807) is 19.1 Å². The molecular weight excluding hydrogens is 362 g/mol. The van der Waals surface area contributed by atoms with Crippen molar-refractivity contribution in [2.75, 3.05) is 43.8 Å². The molecule has 0 spiro atoms. The Morgan fingerprint density at radius 1 is 1.24 bits per heavy atom. The largest absolute Gasteiger partial charge is 0.309 e. The molecule has 0 atom stereocenters. The van der Waals surface area contributed by atoms with Gasteiger partial charge in [0.1, 0.15) is 0 Å². The second-order valence-corrected chi connectivity index (χ2v) is 10.3. The lowest BCUT2D eigenvalue weighted by Crippen LogP contribution is -2.38. The second-order valence-electron chi connectivity index (χ2n) is 6.60. The minimum absolute atomic E-state index is 0.103. The van der Waals surface area contributed by atoms with E-state index in [2.05, 4.69) is 4.72 Å². The Labute approximate surface area is 151 Å². The molecule has 0 radical (unpaired) electrons. The fourth-order valence-corrected chi connectivity index (χ4v) is 5.76. The van der Waals surface area contributed by atoms with Gasteiger partial charge in [0.25, 0.3) is 0 Å². The van der Waals surface area contributed by atoms with E-state index < -0.39 is 20.0 Å².